The van der Waals surface area contributed by atoms with Crippen LogP contribution in [0.15, 0.2) is 0 Å². The van der Waals surface area contributed by atoms with Crippen molar-refractivity contribution in [3.8, 4) is 0 Å². The van der Waals surface area contributed by atoms with Crippen molar-refractivity contribution in [2.75, 3.05) is 38.8 Å². The lowest BCUT2D eigenvalue weighted by atomic mass is 9.83. The Morgan fingerprint density at radius 1 is 1.40 bits per heavy atom. The lowest BCUT2D eigenvalue weighted by molar-refractivity contribution is 0.189. The molecule has 0 spiro atoms. The van der Waals surface area contributed by atoms with Gasteiger partial charge in [0.25, 0.3) is 0 Å². The first-order chi connectivity index (χ1) is 7.18. The van der Waals surface area contributed by atoms with Gasteiger partial charge in [-0.25, -0.2) is 0 Å². The number of methoxy groups -OCH3 is 1. The van der Waals surface area contributed by atoms with E-state index in [1.54, 1.807) is 7.11 Å². The highest BCUT2D eigenvalue weighted by atomic mass is 32.2. The summed E-state index contributed by atoms with van der Waals surface area (Å²) in [5, 5.41) is 3.47. The molecule has 1 N–H and O–H groups in total. The van der Waals surface area contributed by atoms with Crippen molar-refractivity contribution in [2.24, 2.45) is 5.41 Å². The molecule has 0 rings (SSSR count). The SMILES string of the molecule is CCC(C)(CCCSC)CNCCOC. The molecule has 0 aliphatic carbocycles. The van der Waals surface area contributed by atoms with Crippen LogP contribution in [0.1, 0.15) is 33.1 Å². The Balaban J connectivity index is 3.65. The highest BCUT2D eigenvalue weighted by Crippen LogP contribution is 2.26. The minimum atomic E-state index is 0.462. The van der Waals surface area contributed by atoms with Crippen LogP contribution in [0.25, 0.3) is 0 Å². The van der Waals surface area contributed by atoms with Crippen molar-refractivity contribution in [1.29, 1.82) is 0 Å². The molecule has 15 heavy (non-hydrogen) atoms. The molecule has 0 aliphatic rings. The molecule has 0 aliphatic heterocycles. The second-order valence-electron chi connectivity index (χ2n) is 4.43. The Kier molecular flexibility index (Phi) is 9.66. The highest BCUT2D eigenvalue weighted by molar-refractivity contribution is 7.98. The van der Waals surface area contributed by atoms with Crippen LogP contribution in [0.5, 0.6) is 0 Å². The Morgan fingerprint density at radius 3 is 2.67 bits per heavy atom. The van der Waals surface area contributed by atoms with Crippen LogP contribution in [0, 0.1) is 5.41 Å². The Morgan fingerprint density at radius 2 is 2.13 bits per heavy atom. The molecule has 1 atom stereocenters. The van der Waals surface area contributed by atoms with E-state index in [0.717, 1.165) is 19.7 Å². The van der Waals surface area contributed by atoms with Gasteiger partial charge in [0.2, 0.25) is 0 Å². The number of rotatable bonds is 10. The molecule has 0 aromatic rings. The van der Waals surface area contributed by atoms with Crippen molar-refractivity contribution >= 4 is 11.8 Å². The van der Waals surface area contributed by atoms with Crippen LogP contribution < -0.4 is 5.32 Å². The predicted octanol–water partition coefficient (Wildman–Crippen LogP) is 2.78. The van der Waals surface area contributed by atoms with Gasteiger partial charge in [-0.1, -0.05) is 13.8 Å². The van der Waals surface area contributed by atoms with E-state index in [2.05, 4.69) is 25.4 Å². The van der Waals surface area contributed by atoms with E-state index in [1.807, 2.05) is 11.8 Å². The summed E-state index contributed by atoms with van der Waals surface area (Å²) >= 11 is 1.94. The van der Waals surface area contributed by atoms with Crippen LogP contribution in [-0.2, 0) is 4.74 Å². The Bertz CT molecular complexity index is 144. The first kappa shape index (κ1) is 15.3. The van der Waals surface area contributed by atoms with Crippen molar-refractivity contribution in [1.82, 2.24) is 5.32 Å². The van der Waals surface area contributed by atoms with Gasteiger partial charge in [-0.3, -0.25) is 0 Å². The maximum absolute atomic E-state index is 5.02. The van der Waals surface area contributed by atoms with Gasteiger partial charge in [-0.2, -0.15) is 11.8 Å². The molecular formula is C12H27NOS. The predicted molar refractivity (Wildman–Crippen MR) is 70.8 cm³/mol. The smallest absolute Gasteiger partial charge is 0.0587 e. The largest absolute Gasteiger partial charge is 0.383 e. The molecule has 3 heteroatoms. The van der Waals surface area contributed by atoms with E-state index < -0.39 is 0 Å². The summed E-state index contributed by atoms with van der Waals surface area (Å²) in [6, 6.07) is 0. The third kappa shape index (κ3) is 8.12. The summed E-state index contributed by atoms with van der Waals surface area (Å²) < 4.78 is 5.02. The summed E-state index contributed by atoms with van der Waals surface area (Å²) in [6.45, 7) is 7.56. The summed E-state index contributed by atoms with van der Waals surface area (Å²) in [5.74, 6) is 1.29. The molecule has 0 aromatic carbocycles. The summed E-state index contributed by atoms with van der Waals surface area (Å²) in [5.41, 5.74) is 0.462. The van der Waals surface area contributed by atoms with Gasteiger partial charge in [-0.15, -0.1) is 0 Å². The van der Waals surface area contributed by atoms with Crippen LogP contribution in [0.2, 0.25) is 0 Å². The topological polar surface area (TPSA) is 21.3 Å². The first-order valence-electron chi connectivity index (χ1n) is 5.87. The van der Waals surface area contributed by atoms with E-state index in [1.165, 1.54) is 25.0 Å². The lowest BCUT2D eigenvalue weighted by Crippen LogP contribution is -2.33. The number of ether oxygens (including phenoxy) is 1. The second-order valence-corrected chi connectivity index (χ2v) is 5.42. The fraction of sp³-hybridized carbons (Fsp3) is 1.00. The average molecular weight is 233 g/mol. The standard InChI is InChI=1S/C12H27NOS/c1-5-12(2,7-6-10-15-4)11-13-8-9-14-3/h13H,5-11H2,1-4H3. The average Bonchev–Trinajstić information content (AvgIpc) is 2.25. The van der Waals surface area contributed by atoms with E-state index in [4.69, 9.17) is 4.74 Å². The third-order valence-corrected chi connectivity index (χ3v) is 3.71. The first-order valence-corrected chi connectivity index (χ1v) is 7.26. The molecule has 0 fully saturated rings. The maximum atomic E-state index is 5.02. The summed E-state index contributed by atoms with van der Waals surface area (Å²) in [7, 11) is 1.75. The van der Waals surface area contributed by atoms with Crippen molar-refractivity contribution in [2.45, 2.75) is 33.1 Å². The quantitative estimate of drug-likeness (QED) is 0.586. The van der Waals surface area contributed by atoms with Crippen LogP contribution >= 0.6 is 11.8 Å². The van der Waals surface area contributed by atoms with Gasteiger partial charge in [0.15, 0.2) is 0 Å². The van der Waals surface area contributed by atoms with E-state index >= 15 is 0 Å². The normalized spacial score (nSPS) is 15.2. The van der Waals surface area contributed by atoms with Gasteiger partial charge < -0.3 is 10.1 Å². The molecule has 0 radical (unpaired) electrons. The molecule has 92 valence electrons. The van der Waals surface area contributed by atoms with Gasteiger partial charge in [0.1, 0.15) is 0 Å². The zero-order valence-corrected chi connectivity index (χ0v) is 11.6. The zero-order valence-electron chi connectivity index (χ0n) is 10.8. The van der Waals surface area contributed by atoms with Crippen LogP contribution in [0.4, 0.5) is 0 Å². The molecule has 1 unspecified atom stereocenters. The number of thioether (sulfide) groups is 1. The van der Waals surface area contributed by atoms with Gasteiger partial charge >= 0.3 is 0 Å². The van der Waals surface area contributed by atoms with Crippen molar-refractivity contribution < 1.29 is 4.74 Å². The molecule has 0 saturated carbocycles. The van der Waals surface area contributed by atoms with Gasteiger partial charge in [0, 0.05) is 20.2 Å². The van der Waals surface area contributed by atoms with Crippen LogP contribution in [-0.4, -0.2) is 38.8 Å². The fourth-order valence-corrected chi connectivity index (χ4v) is 2.03. The molecule has 0 aromatic heterocycles. The Hall–Kier alpha value is 0.270. The maximum Gasteiger partial charge on any atom is 0.0587 e. The third-order valence-electron chi connectivity index (χ3n) is 3.02. The van der Waals surface area contributed by atoms with E-state index in [9.17, 15) is 0 Å². The minimum absolute atomic E-state index is 0.462. The molecule has 0 saturated heterocycles. The number of hydrogen-bond donors (Lipinski definition) is 1. The number of nitrogens with one attached hydrogen (secondary N) is 1. The van der Waals surface area contributed by atoms with E-state index in [-0.39, 0.29) is 0 Å². The zero-order chi connectivity index (χ0) is 11.6. The van der Waals surface area contributed by atoms with Crippen LogP contribution in [0.3, 0.4) is 0 Å². The van der Waals surface area contributed by atoms with Gasteiger partial charge in [-0.05, 0) is 36.7 Å². The highest BCUT2D eigenvalue weighted by Gasteiger charge is 2.20. The van der Waals surface area contributed by atoms with Crippen molar-refractivity contribution in [3.05, 3.63) is 0 Å². The number of hydrogen-bond acceptors (Lipinski definition) is 3. The van der Waals surface area contributed by atoms with E-state index in [0.29, 0.717) is 5.41 Å². The molecule has 2 nitrogen and oxygen atoms in total. The van der Waals surface area contributed by atoms with Crippen molar-refractivity contribution in [3.63, 3.8) is 0 Å². The minimum Gasteiger partial charge on any atom is -0.383 e. The Labute approximate surface area is 99.5 Å². The summed E-state index contributed by atoms with van der Waals surface area (Å²) in [6.07, 6.45) is 6.09. The molecule has 0 heterocycles. The monoisotopic (exact) mass is 233 g/mol. The molecule has 0 amide bonds. The van der Waals surface area contributed by atoms with Gasteiger partial charge in [0.05, 0.1) is 6.61 Å². The fourth-order valence-electron chi connectivity index (χ4n) is 1.60. The summed E-state index contributed by atoms with van der Waals surface area (Å²) in [4.78, 5) is 0. The second kappa shape index (κ2) is 9.49. The molecular weight excluding hydrogens is 206 g/mol. The molecule has 0 bridgehead atoms. The lowest BCUT2D eigenvalue weighted by Gasteiger charge is -2.28.